The van der Waals surface area contributed by atoms with Gasteiger partial charge in [0.1, 0.15) is 15.8 Å². The summed E-state index contributed by atoms with van der Waals surface area (Å²) >= 11 is 6.61. The third kappa shape index (κ3) is 5.21. The Morgan fingerprint density at radius 3 is 2.85 bits per heavy atom. The first kappa shape index (κ1) is 24.1. The maximum absolute atomic E-state index is 13.4. The summed E-state index contributed by atoms with van der Waals surface area (Å²) in [6.45, 7) is 4.32. The highest BCUT2D eigenvalue weighted by atomic mass is 32.2. The molecule has 0 saturated carbocycles. The molecule has 11 heteroatoms. The monoisotopic (exact) mass is 498 g/mol. The van der Waals surface area contributed by atoms with E-state index in [-0.39, 0.29) is 11.5 Å². The number of thiocarbonyl (C=S) groups is 1. The molecule has 9 nitrogen and oxygen atoms in total. The SMILES string of the molecule is COCCCN1C(=O)C(=Cc2c(NCCCn3ccnc3)nc3c(C)cccn3c2=O)SC1=S. The van der Waals surface area contributed by atoms with E-state index in [4.69, 9.17) is 21.9 Å². The molecule has 4 heterocycles. The van der Waals surface area contributed by atoms with E-state index in [1.165, 1.54) is 16.2 Å². The van der Waals surface area contributed by atoms with Crippen LogP contribution in [-0.2, 0) is 16.1 Å². The second kappa shape index (κ2) is 10.9. The van der Waals surface area contributed by atoms with Crippen LogP contribution in [0, 0.1) is 6.92 Å². The van der Waals surface area contributed by atoms with Crippen LogP contribution in [0.15, 0.2) is 46.8 Å². The van der Waals surface area contributed by atoms with Gasteiger partial charge in [-0.15, -0.1) is 0 Å². The summed E-state index contributed by atoms with van der Waals surface area (Å²) in [5, 5.41) is 3.30. The van der Waals surface area contributed by atoms with Gasteiger partial charge < -0.3 is 14.6 Å². The zero-order valence-electron chi connectivity index (χ0n) is 19.1. The molecule has 1 aliphatic heterocycles. The third-order valence-electron chi connectivity index (χ3n) is 5.41. The lowest BCUT2D eigenvalue weighted by Crippen LogP contribution is -2.29. The normalized spacial score (nSPS) is 15.1. The van der Waals surface area contributed by atoms with Crippen LogP contribution in [0.25, 0.3) is 11.7 Å². The van der Waals surface area contributed by atoms with Crippen molar-refractivity contribution >= 4 is 51.7 Å². The number of pyridine rings is 1. The van der Waals surface area contributed by atoms with Crippen molar-refractivity contribution in [2.75, 3.05) is 32.1 Å². The number of aromatic nitrogens is 4. The van der Waals surface area contributed by atoms with Crippen molar-refractivity contribution in [1.82, 2.24) is 23.8 Å². The molecule has 0 unspecified atom stereocenters. The number of aryl methyl sites for hydroxylation is 2. The van der Waals surface area contributed by atoms with Crippen LogP contribution in [0.5, 0.6) is 0 Å². The number of ether oxygens (including phenoxy) is 1. The van der Waals surface area contributed by atoms with Gasteiger partial charge in [-0.05, 0) is 37.5 Å². The first-order valence-electron chi connectivity index (χ1n) is 11.0. The summed E-state index contributed by atoms with van der Waals surface area (Å²) < 4.78 is 9.06. The highest BCUT2D eigenvalue weighted by Gasteiger charge is 2.32. The van der Waals surface area contributed by atoms with Crippen molar-refractivity contribution in [2.45, 2.75) is 26.3 Å². The first-order valence-corrected chi connectivity index (χ1v) is 12.2. The predicted molar refractivity (Wildman–Crippen MR) is 138 cm³/mol. The quantitative estimate of drug-likeness (QED) is 0.259. The van der Waals surface area contributed by atoms with Crippen molar-refractivity contribution in [1.29, 1.82) is 0 Å². The van der Waals surface area contributed by atoms with E-state index in [0.717, 1.165) is 18.5 Å². The third-order valence-corrected chi connectivity index (χ3v) is 6.79. The molecule has 3 aromatic rings. The molecule has 0 aliphatic carbocycles. The molecule has 0 spiro atoms. The summed E-state index contributed by atoms with van der Waals surface area (Å²) in [6, 6.07) is 3.72. The van der Waals surface area contributed by atoms with Gasteiger partial charge in [0.25, 0.3) is 11.5 Å². The van der Waals surface area contributed by atoms with Gasteiger partial charge in [-0.2, -0.15) is 0 Å². The molecule has 0 radical (unpaired) electrons. The van der Waals surface area contributed by atoms with Gasteiger partial charge >= 0.3 is 0 Å². The summed E-state index contributed by atoms with van der Waals surface area (Å²) in [5.74, 6) is 0.250. The number of imidazole rings is 1. The van der Waals surface area contributed by atoms with E-state index < -0.39 is 0 Å². The van der Waals surface area contributed by atoms with Crippen LogP contribution in [0.1, 0.15) is 24.0 Å². The first-order chi connectivity index (χ1) is 16.5. The smallest absolute Gasteiger partial charge is 0.267 e. The molecule has 1 N–H and O–H groups in total. The van der Waals surface area contributed by atoms with Crippen LogP contribution in [0.3, 0.4) is 0 Å². The Hall–Kier alpha value is -3.02. The van der Waals surface area contributed by atoms with E-state index >= 15 is 0 Å². The fourth-order valence-electron chi connectivity index (χ4n) is 3.65. The number of anilines is 1. The Labute approximate surface area is 206 Å². The number of hydrogen-bond donors (Lipinski definition) is 1. The van der Waals surface area contributed by atoms with Crippen LogP contribution in [-0.4, -0.2) is 60.9 Å². The number of carbonyl (C=O) groups excluding carboxylic acids is 1. The zero-order valence-corrected chi connectivity index (χ0v) is 20.7. The second-order valence-corrected chi connectivity index (χ2v) is 9.50. The van der Waals surface area contributed by atoms with Crippen LogP contribution >= 0.6 is 24.0 Å². The van der Waals surface area contributed by atoms with Crippen molar-refractivity contribution in [3.63, 3.8) is 0 Å². The van der Waals surface area contributed by atoms with Gasteiger partial charge in [0, 0.05) is 51.9 Å². The minimum atomic E-state index is -0.240. The Bertz CT molecular complexity index is 1290. The van der Waals surface area contributed by atoms with E-state index in [1.54, 1.807) is 36.8 Å². The number of amides is 1. The number of methoxy groups -OCH3 is 1. The molecular weight excluding hydrogens is 472 g/mol. The number of rotatable bonds is 10. The summed E-state index contributed by atoms with van der Waals surface area (Å²) in [4.78, 5) is 37.2. The molecule has 34 heavy (non-hydrogen) atoms. The zero-order chi connectivity index (χ0) is 24.1. The lowest BCUT2D eigenvalue weighted by Gasteiger charge is -2.14. The van der Waals surface area contributed by atoms with E-state index in [2.05, 4.69) is 10.3 Å². The number of hydrogen-bond acceptors (Lipinski definition) is 8. The molecule has 178 valence electrons. The molecule has 4 rings (SSSR count). The predicted octanol–water partition coefficient (Wildman–Crippen LogP) is 2.94. The summed E-state index contributed by atoms with van der Waals surface area (Å²) in [6.07, 6.45) is 10.2. The van der Waals surface area contributed by atoms with E-state index in [9.17, 15) is 9.59 Å². The Kier molecular flexibility index (Phi) is 7.76. The number of nitrogens with zero attached hydrogens (tertiary/aromatic N) is 5. The van der Waals surface area contributed by atoms with Crippen LogP contribution in [0.4, 0.5) is 5.82 Å². The Balaban J connectivity index is 1.64. The van der Waals surface area contributed by atoms with Crippen molar-refractivity contribution in [2.24, 2.45) is 0 Å². The molecule has 0 atom stereocenters. The highest BCUT2D eigenvalue weighted by Crippen LogP contribution is 2.33. The van der Waals surface area contributed by atoms with E-state index in [1.807, 2.05) is 29.8 Å². The second-order valence-electron chi connectivity index (χ2n) is 7.82. The number of fused-ring (bicyclic) bond motifs is 1. The fourth-order valence-corrected chi connectivity index (χ4v) is 4.95. The number of nitrogens with one attached hydrogen (secondary N) is 1. The van der Waals surface area contributed by atoms with Crippen LogP contribution in [0.2, 0.25) is 0 Å². The molecule has 1 amide bonds. The average Bonchev–Trinajstić information content (AvgIpc) is 3.43. The molecule has 1 saturated heterocycles. The number of carbonyl (C=O) groups is 1. The lowest BCUT2D eigenvalue weighted by atomic mass is 10.2. The molecule has 0 bridgehead atoms. The van der Waals surface area contributed by atoms with Gasteiger partial charge in [0.05, 0.1) is 16.8 Å². The molecule has 0 aromatic carbocycles. The molecular formula is C23H26N6O3S2. The minimum Gasteiger partial charge on any atom is -0.385 e. The summed E-state index contributed by atoms with van der Waals surface area (Å²) in [5.41, 5.74) is 1.56. The van der Waals surface area contributed by atoms with Gasteiger partial charge in [0.2, 0.25) is 0 Å². The topological polar surface area (TPSA) is 93.8 Å². The number of thioether (sulfide) groups is 1. The van der Waals surface area contributed by atoms with E-state index in [0.29, 0.717) is 52.4 Å². The largest absolute Gasteiger partial charge is 0.385 e. The minimum absolute atomic E-state index is 0.203. The molecule has 3 aromatic heterocycles. The lowest BCUT2D eigenvalue weighted by molar-refractivity contribution is -0.122. The maximum atomic E-state index is 13.4. The standard InChI is InChI=1S/C23H26N6O3S2/c1-16-6-3-10-28-20(16)26-19(25-7-4-9-27-12-8-24-15-27)17(21(28)30)14-18-22(31)29(23(33)34-18)11-5-13-32-2/h3,6,8,10,12,14-15,25H,4-5,7,9,11,13H2,1-2H3. The van der Waals surface area contributed by atoms with Gasteiger partial charge in [-0.25, -0.2) is 9.97 Å². The highest BCUT2D eigenvalue weighted by molar-refractivity contribution is 8.26. The van der Waals surface area contributed by atoms with Crippen molar-refractivity contribution in [3.05, 3.63) is 63.4 Å². The Morgan fingerprint density at radius 1 is 1.24 bits per heavy atom. The van der Waals surface area contributed by atoms with Gasteiger partial charge in [-0.3, -0.25) is 18.9 Å². The van der Waals surface area contributed by atoms with Crippen LogP contribution < -0.4 is 10.9 Å². The van der Waals surface area contributed by atoms with Gasteiger partial charge in [-0.1, -0.05) is 30.0 Å². The maximum Gasteiger partial charge on any atom is 0.267 e. The molecule has 1 aliphatic rings. The fraction of sp³-hybridized carbons (Fsp3) is 0.348. The summed E-state index contributed by atoms with van der Waals surface area (Å²) in [7, 11) is 1.62. The average molecular weight is 499 g/mol. The van der Waals surface area contributed by atoms with Crippen molar-refractivity contribution in [3.8, 4) is 0 Å². The molecule has 1 fully saturated rings. The Morgan fingerprint density at radius 2 is 2.09 bits per heavy atom. The van der Waals surface area contributed by atoms with Gasteiger partial charge in [0.15, 0.2) is 0 Å². The van der Waals surface area contributed by atoms with Crippen molar-refractivity contribution < 1.29 is 9.53 Å².